The summed E-state index contributed by atoms with van der Waals surface area (Å²) in [6, 6.07) is 8.59. The van der Waals surface area contributed by atoms with Crippen molar-refractivity contribution in [3.8, 4) is 0 Å². The van der Waals surface area contributed by atoms with Crippen molar-refractivity contribution in [3.63, 3.8) is 0 Å². The van der Waals surface area contributed by atoms with Gasteiger partial charge in [0, 0.05) is 19.4 Å². The number of guanidine groups is 1. The van der Waals surface area contributed by atoms with Gasteiger partial charge in [0.15, 0.2) is 0 Å². The van der Waals surface area contributed by atoms with Crippen LogP contribution in [-0.4, -0.2) is 53.4 Å². The molecule has 1 aromatic carbocycles. The van der Waals surface area contributed by atoms with Crippen molar-refractivity contribution in [2.75, 3.05) is 7.05 Å². The largest absolute Gasteiger partial charge is 0.480 e. The Morgan fingerprint density at radius 3 is 2.33 bits per heavy atom. The Kier molecular flexibility index (Phi) is 10.2. The summed E-state index contributed by atoms with van der Waals surface area (Å²) >= 11 is 0. The quantitative estimate of drug-likeness (QED) is 0.221. The number of esters is 1. The predicted octanol–water partition coefficient (Wildman–Crippen LogP) is 3.77. The normalized spacial score (nSPS) is 15.9. The van der Waals surface area contributed by atoms with Crippen molar-refractivity contribution in [2.24, 2.45) is 11.8 Å². The maximum atomic E-state index is 12.4. The van der Waals surface area contributed by atoms with Crippen LogP contribution < -0.4 is 5.32 Å². The molecule has 2 unspecified atom stereocenters. The first-order chi connectivity index (χ1) is 15.7. The summed E-state index contributed by atoms with van der Waals surface area (Å²) in [6.45, 7) is 3.48. The van der Waals surface area contributed by atoms with Crippen molar-refractivity contribution in [2.45, 2.75) is 71.1 Å². The van der Waals surface area contributed by atoms with Crippen LogP contribution in [0.15, 0.2) is 30.3 Å². The smallest absolute Gasteiger partial charge is 0.417 e. The van der Waals surface area contributed by atoms with Crippen LogP contribution in [0.1, 0.15) is 57.9 Å². The van der Waals surface area contributed by atoms with Crippen LogP contribution in [0.2, 0.25) is 0 Å². The molecule has 1 amide bonds. The van der Waals surface area contributed by atoms with Crippen LogP contribution in [0.25, 0.3) is 0 Å². The van der Waals surface area contributed by atoms with Crippen LogP contribution in [0.4, 0.5) is 4.79 Å². The van der Waals surface area contributed by atoms with Crippen molar-refractivity contribution < 1.29 is 29.0 Å². The third-order valence-electron chi connectivity index (χ3n) is 5.82. The van der Waals surface area contributed by atoms with Gasteiger partial charge < -0.3 is 19.5 Å². The number of carbonyl (C=O) groups excluding carboxylic acids is 2. The van der Waals surface area contributed by atoms with Gasteiger partial charge in [-0.1, -0.05) is 63.4 Å². The second kappa shape index (κ2) is 12.8. The Morgan fingerprint density at radius 2 is 1.76 bits per heavy atom. The molecule has 0 aromatic heterocycles. The highest BCUT2D eigenvalue weighted by molar-refractivity contribution is 5.94. The zero-order chi connectivity index (χ0) is 24.4. The molecular formula is C24H35N3O6. The van der Waals surface area contributed by atoms with Gasteiger partial charge >= 0.3 is 18.0 Å². The van der Waals surface area contributed by atoms with Gasteiger partial charge in [0.1, 0.15) is 6.04 Å². The summed E-state index contributed by atoms with van der Waals surface area (Å²) in [7, 11) is 1.47. The molecule has 0 heterocycles. The van der Waals surface area contributed by atoms with Crippen molar-refractivity contribution >= 4 is 24.0 Å². The first kappa shape index (κ1) is 26.2. The summed E-state index contributed by atoms with van der Waals surface area (Å²) < 4.78 is 10.6. The monoisotopic (exact) mass is 461 g/mol. The van der Waals surface area contributed by atoms with E-state index in [1.165, 1.54) is 11.9 Å². The van der Waals surface area contributed by atoms with Gasteiger partial charge in [0.25, 0.3) is 6.29 Å². The molecule has 1 aliphatic carbocycles. The number of carboxylic acid groups (broad SMARTS) is 1. The Balaban J connectivity index is 1.88. The Labute approximate surface area is 194 Å². The number of likely N-dealkylation sites (N-methyl/N-ethyl adjacent to an activating group) is 1. The number of amides is 1. The lowest BCUT2D eigenvalue weighted by Crippen LogP contribution is -2.53. The lowest BCUT2D eigenvalue weighted by molar-refractivity contribution is -0.174. The maximum absolute atomic E-state index is 12.4. The van der Waals surface area contributed by atoms with E-state index in [1.54, 1.807) is 13.8 Å². The van der Waals surface area contributed by atoms with Crippen LogP contribution in [0.3, 0.4) is 0 Å². The highest BCUT2D eigenvalue weighted by Crippen LogP contribution is 2.29. The van der Waals surface area contributed by atoms with Gasteiger partial charge in [0.05, 0.1) is 0 Å². The minimum atomic E-state index is -1.13. The number of benzene rings is 1. The second-order valence-corrected chi connectivity index (χ2v) is 8.76. The average Bonchev–Trinajstić information content (AvgIpc) is 2.78. The van der Waals surface area contributed by atoms with E-state index >= 15 is 0 Å². The van der Waals surface area contributed by atoms with Crippen LogP contribution in [-0.2, 0) is 25.5 Å². The third kappa shape index (κ3) is 8.40. The van der Waals surface area contributed by atoms with Crippen LogP contribution in [0.5, 0.6) is 0 Å². The number of hydrogen-bond donors (Lipinski definition) is 3. The molecule has 0 spiro atoms. The summed E-state index contributed by atoms with van der Waals surface area (Å²) in [5.41, 5.74) is 0.997. The lowest BCUT2D eigenvalue weighted by atomic mass is 9.83. The first-order valence-corrected chi connectivity index (χ1v) is 11.4. The van der Waals surface area contributed by atoms with Gasteiger partial charge in [-0.15, -0.1) is 0 Å². The predicted molar refractivity (Wildman–Crippen MR) is 123 cm³/mol. The fourth-order valence-corrected chi connectivity index (χ4v) is 3.97. The fourth-order valence-electron chi connectivity index (χ4n) is 3.97. The van der Waals surface area contributed by atoms with Crippen molar-refractivity contribution in [1.82, 2.24) is 10.2 Å². The van der Waals surface area contributed by atoms with E-state index in [-0.39, 0.29) is 24.2 Å². The van der Waals surface area contributed by atoms with Crippen LogP contribution >= 0.6 is 0 Å². The van der Waals surface area contributed by atoms with E-state index in [4.69, 9.17) is 14.9 Å². The molecule has 1 fully saturated rings. The average molecular weight is 462 g/mol. The number of hydrogen-bond acceptors (Lipinski definition) is 6. The van der Waals surface area contributed by atoms with Gasteiger partial charge in [0.2, 0.25) is 5.96 Å². The second-order valence-electron chi connectivity index (χ2n) is 8.76. The Bertz CT molecular complexity index is 808. The summed E-state index contributed by atoms with van der Waals surface area (Å²) in [4.78, 5) is 37.7. The summed E-state index contributed by atoms with van der Waals surface area (Å²) in [5.74, 6) is -2.31. The SMILES string of the molecule is CC(C)C(OC(=O)CCc1ccccc1)OC(=O)NC(=N)N(C)C(C(=O)O)C1CCCCC1. The molecule has 33 heavy (non-hydrogen) atoms. The number of nitrogens with one attached hydrogen (secondary N) is 2. The molecule has 9 heteroatoms. The number of aliphatic carboxylic acids is 1. The van der Waals surface area contributed by atoms with Crippen molar-refractivity contribution in [3.05, 3.63) is 35.9 Å². The third-order valence-corrected chi connectivity index (χ3v) is 5.82. The highest BCUT2D eigenvalue weighted by atomic mass is 16.7. The summed E-state index contributed by atoms with van der Waals surface area (Å²) in [6.07, 6.45) is 3.07. The number of alkyl carbamates (subject to hydrolysis) is 1. The van der Waals surface area contributed by atoms with Crippen molar-refractivity contribution in [1.29, 1.82) is 5.41 Å². The lowest BCUT2D eigenvalue weighted by Gasteiger charge is -2.34. The number of carbonyl (C=O) groups is 3. The molecule has 1 saturated carbocycles. The van der Waals surface area contributed by atoms with Gasteiger partial charge in [-0.3, -0.25) is 15.5 Å². The topological polar surface area (TPSA) is 129 Å². The number of ether oxygens (including phenoxy) is 2. The van der Waals surface area contributed by atoms with Gasteiger partial charge in [-0.25, -0.2) is 9.59 Å². The van der Waals surface area contributed by atoms with E-state index in [0.717, 1.165) is 37.7 Å². The molecular weight excluding hydrogens is 426 g/mol. The van der Waals surface area contributed by atoms with E-state index in [1.807, 2.05) is 30.3 Å². The van der Waals surface area contributed by atoms with Crippen LogP contribution in [0, 0.1) is 17.2 Å². The molecule has 9 nitrogen and oxygen atoms in total. The zero-order valence-corrected chi connectivity index (χ0v) is 19.6. The van der Waals surface area contributed by atoms with E-state index in [2.05, 4.69) is 5.32 Å². The molecule has 3 N–H and O–H groups in total. The minimum Gasteiger partial charge on any atom is -0.480 e. The molecule has 0 radical (unpaired) electrons. The summed E-state index contributed by atoms with van der Waals surface area (Å²) in [5, 5.41) is 20.1. The van der Waals surface area contributed by atoms with E-state index in [9.17, 15) is 19.5 Å². The minimum absolute atomic E-state index is 0.0894. The maximum Gasteiger partial charge on any atom is 0.417 e. The number of nitrogens with zero attached hydrogens (tertiary/aromatic N) is 1. The Morgan fingerprint density at radius 1 is 1.12 bits per heavy atom. The standard InChI is InChI=1S/C24H35N3O6/c1-16(2)22(32-19(28)15-14-17-10-6-4-7-11-17)33-24(31)26-23(25)27(3)20(21(29)30)18-12-8-5-9-13-18/h4,6-7,10-11,16,18,20,22H,5,8-9,12-15H2,1-3H3,(H,29,30)(H2,25,26,31). The molecule has 1 aromatic rings. The number of rotatable bonds is 9. The molecule has 2 atom stereocenters. The first-order valence-electron chi connectivity index (χ1n) is 11.4. The highest BCUT2D eigenvalue weighted by Gasteiger charge is 2.34. The van der Waals surface area contributed by atoms with E-state index in [0.29, 0.717) is 6.42 Å². The molecule has 1 aliphatic rings. The Hall–Kier alpha value is -3.10. The fraction of sp³-hybridized carbons (Fsp3) is 0.583. The molecule has 2 rings (SSSR count). The van der Waals surface area contributed by atoms with E-state index < -0.39 is 30.4 Å². The van der Waals surface area contributed by atoms with Gasteiger partial charge in [-0.2, -0.15) is 0 Å². The molecule has 182 valence electrons. The number of aryl methyl sites for hydroxylation is 1. The number of carboxylic acids is 1. The molecule has 0 aliphatic heterocycles. The molecule has 0 bridgehead atoms. The zero-order valence-electron chi connectivity index (χ0n) is 19.6. The van der Waals surface area contributed by atoms with Gasteiger partial charge in [-0.05, 0) is 30.7 Å². The molecule has 0 saturated heterocycles.